The molecule has 140 valence electrons. The van der Waals surface area contributed by atoms with Crippen molar-refractivity contribution in [3.63, 3.8) is 0 Å². The summed E-state index contributed by atoms with van der Waals surface area (Å²) in [4.78, 5) is 21.6. The average molecular weight is 381 g/mol. The Morgan fingerprint density at radius 2 is 1.55 bits per heavy atom. The molecule has 29 heavy (non-hydrogen) atoms. The summed E-state index contributed by atoms with van der Waals surface area (Å²) in [6.07, 6.45) is 9.94. The van der Waals surface area contributed by atoms with Crippen molar-refractivity contribution in [1.29, 1.82) is 10.5 Å². The van der Waals surface area contributed by atoms with Gasteiger partial charge >= 0.3 is 0 Å². The highest BCUT2D eigenvalue weighted by Crippen LogP contribution is 2.51. The molecule has 7 nitrogen and oxygen atoms in total. The summed E-state index contributed by atoms with van der Waals surface area (Å²) < 4.78 is 1.73. The van der Waals surface area contributed by atoms with Gasteiger partial charge < -0.3 is 5.32 Å². The van der Waals surface area contributed by atoms with E-state index in [0.29, 0.717) is 11.1 Å². The van der Waals surface area contributed by atoms with Crippen molar-refractivity contribution in [2.24, 2.45) is 5.41 Å². The van der Waals surface area contributed by atoms with Gasteiger partial charge in [-0.05, 0) is 23.3 Å². The summed E-state index contributed by atoms with van der Waals surface area (Å²) in [5.41, 5.74) is -0.303. The predicted molar refractivity (Wildman–Crippen MR) is 101 cm³/mol. The fourth-order valence-electron chi connectivity index (χ4n) is 4.02. The van der Waals surface area contributed by atoms with Crippen LogP contribution in [0.3, 0.4) is 0 Å². The van der Waals surface area contributed by atoms with E-state index in [1.807, 2.05) is 6.07 Å². The molecule has 1 saturated heterocycles. The maximum atomic E-state index is 13.3. The van der Waals surface area contributed by atoms with Crippen molar-refractivity contribution in [3.05, 3.63) is 90.8 Å². The lowest BCUT2D eigenvalue weighted by Gasteiger charge is -2.42. The van der Waals surface area contributed by atoms with E-state index in [1.54, 1.807) is 78.1 Å². The molecule has 4 rings (SSSR count). The van der Waals surface area contributed by atoms with Gasteiger partial charge in [0.1, 0.15) is 0 Å². The van der Waals surface area contributed by atoms with Crippen molar-refractivity contribution in [3.8, 4) is 12.1 Å². The Balaban J connectivity index is 1.97. The van der Waals surface area contributed by atoms with Gasteiger partial charge in [-0.1, -0.05) is 18.2 Å². The lowest BCUT2D eigenvalue weighted by Crippen LogP contribution is -2.61. The average Bonchev–Trinajstić information content (AvgIpc) is 2.80. The molecule has 0 aromatic carbocycles. The van der Waals surface area contributed by atoms with Crippen LogP contribution in [0, 0.1) is 28.1 Å². The van der Waals surface area contributed by atoms with Crippen LogP contribution in [0.5, 0.6) is 0 Å². The van der Waals surface area contributed by atoms with Crippen LogP contribution in [0.4, 0.5) is 0 Å². The minimum absolute atomic E-state index is 0.273. The van der Waals surface area contributed by atoms with E-state index in [-0.39, 0.29) is 5.91 Å². The second-order valence-corrected chi connectivity index (χ2v) is 6.85. The third-order valence-electron chi connectivity index (χ3n) is 5.31. The molecule has 1 aliphatic heterocycles. The zero-order chi connectivity index (χ0) is 20.3. The third kappa shape index (κ3) is 2.99. The number of pyridine rings is 3. The molecular weight excluding hydrogens is 364 g/mol. The smallest absolute Gasteiger partial charge is 0.290 e. The largest absolute Gasteiger partial charge is 0.341 e. The van der Waals surface area contributed by atoms with E-state index in [0.717, 1.165) is 0 Å². The number of piperidine rings is 1. The second kappa shape index (κ2) is 7.49. The van der Waals surface area contributed by atoms with Gasteiger partial charge in [0.25, 0.3) is 5.91 Å². The Labute approximate surface area is 167 Å². The van der Waals surface area contributed by atoms with E-state index in [9.17, 15) is 15.3 Å². The van der Waals surface area contributed by atoms with Crippen LogP contribution >= 0.6 is 0 Å². The topological polar surface area (TPSA) is 106 Å². The Morgan fingerprint density at radius 1 is 0.931 bits per heavy atom. The van der Waals surface area contributed by atoms with Crippen molar-refractivity contribution >= 4 is 5.91 Å². The van der Waals surface area contributed by atoms with Crippen LogP contribution in [-0.4, -0.2) is 15.9 Å². The highest BCUT2D eigenvalue weighted by molar-refractivity contribution is 5.82. The first-order chi connectivity index (χ1) is 14.2. The van der Waals surface area contributed by atoms with Crippen molar-refractivity contribution in [1.82, 2.24) is 15.3 Å². The monoisotopic (exact) mass is 381 g/mol. The van der Waals surface area contributed by atoms with Crippen LogP contribution < -0.4 is 9.88 Å². The summed E-state index contributed by atoms with van der Waals surface area (Å²) in [7, 11) is 0. The van der Waals surface area contributed by atoms with Crippen LogP contribution in [0.2, 0.25) is 0 Å². The summed E-state index contributed by atoms with van der Waals surface area (Å²) >= 11 is 0. The molecule has 0 aliphatic carbocycles. The summed E-state index contributed by atoms with van der Waals surface area (Å²) in [5.74, 6) is -1.01. The fourth-order valence-corrected chi connectivity index (χ4v) is 4.02. The first-order valence-electron chi connectivity index (χ1n) is 9.10. The van der Waals surface area contributed by atoms with Gasteiger partial charge in [0.05, 0.1) is 24.1 Å². The van der Waals surface area contributed by atoms with Crippen LogP contribution in [0.1, 0.15) is 29.1 Å². The van der Waals surface area contributed by atoms with Gasteiger partial charge in [-0.3, -0.25) is 14.8 Å². The lowest BCUT2D eigenvalue weighted by atomic mass is 9.62. The second-order valence-electron chi connectivity index (χ2n) is 6.85. The maximum Gasteiger partial charge on any atom is 0.290 e. The molecule has 1 aliphatic rings. The Kier molecular flexibility index (Phi) is 4.72. The Morgan fingerprint density at radius 3 is 2.10 bits per heavy atom. The van der Waals surface area contributed by atoms with Crippen LogP contribution in [-0.2, 0) is 4.79 Å². The van der Waals surface area contributed by atoms with Gasteiger partial charge in [-0.2, -0.15) is 15.1 Å². The number of carbonyl (C=O) groups is 1. The van der Waals surface area contributed by atoms with Crippen LogP contribution in [0.15, 0.2) is 79.6 Å². The third-order valence-corrected chi connectivity index (χ3v) is 5.31. The number of hydrogen-bond donors (Lipinski definition) is 1. The fraction of sp³-hybridized carbons (Fsp3) is 0.182. The zero-order valence-corrected chi connectivity index (χ0v) is 15.4. The number of nitriles is 2. The summed E-state index contributed by atoms with van der Waals surface area (Å²) in [6.45, 7) is 0. The molecule has 3 unspecified atom stereocenters. The number of carbonyl (C=O) groups excluding carboxylic acids is 1. The normalized spacial score (nSPS) is 22.7. The highest BCUT2D eigenvalue weighted by atomic mass is 16.2. The van der Waals surface area contributed by atoms with Gasteiger partial charge in [-0.15, -0.1) is 0 Å². The molecule has 1 N–H and O–H groups in total. The molecule has 0 spiro atoms. The molecule has 3 aromatic heterocycles. The van der Waals surface area contributed by atoms with E-state index < -0.39 is 23.4 Å². The summed E-state index contributed by atoms with van der Waals surface area (Å²) in [5, 5.41) is 23.5. The zero-order valence-electron chi connectivity index (χ0n) is 15.4. The SMILES string of the molecule is N#CC1(C#N)C(c2cccnc2)NC(=O)C([n+]2ccccc2)C1c1cccnc1. The molecule has 1 amide bonds. The predicted octanol–water partition coefficient (Wildman–Crippen LogP) is 1.99. The molecule has 3 atom stereocenters. The standard InChI is InChI=1S/C22H16N6O/c23-14-22(15-24)18(16-6-4-8-25-12-16)19(28-10-2-1-3-11-28)21(29)27-20(22)17-7-5-9-26-13-17/h1-13,18-20H/p+1. The number of aromatic nitrogens is 3. The van der Waals surface area contributed by atoms with E-state index in [1.165, 1.54) is 0 Å². The molecule has 0 radical (unpaired) electrons. The van der Waals surface area contributed by atoms with E-state index in [4.69, 9.17) is 0 Å². The quantitative estimate of drug-likeness (QED) is 0.699. The van der Waals surface area contributed by atoms with Gasteiger partial charge in [-0.25, -0.2) is 0 Å². The molecule has 4 heterocycles. The Hall–Kier alpha value is -4.10. The summed E-state index contributed by atoms with van der Waals surface area (Å²) in [6, 6.07) is 15.4. The Bertz CT molecular complexity index is 1070. The highest BCUT2D eigenvalue weighted by Gasteiger charge is 2.61. The minimum Gasteiger partial charge on any atom is -0.341 e. The van der Waals surface area contributed by atoms with Gasteiger partial charge in [0.2, 0.25) is 6.04 Å². The number of hydrogen-bond acceptors (Lipinski definition) is 5. The maximum absolute atomic E-state index is 13.3. The minimum atomic E-state index is -1.56. The molecule has 3 aromatic rings. The van der Waals surface area contributed by atoms with Crippen LogP contribution in [0.25, 0.3) is 0 Å². The molecule has 7 heteroatoms. The first kappa shape index (κ1) is 18.3. The molecule has 0 saturated carbocycles. The van der Waals surface area contributed by atoms with Crippen molar-refractivity contribution in [2.45, 2.75) is 18.0 Å². The van der Waals surface area contributed by atoms with Gasteiger partial charge in [0.15, 0.2) is 17.8 Å². The van der Waals surface area contributed by atoms with Gasteiger partial charge in [0, 0.05) is 36.9 Å². The number of amides is 1. The molecular formula is C22H17N6O+. The van der Waals surface area contributed by atoms with E-state index in [2.05, 4.69) is 27.4 Å². The van der Waals surface area contributed by atoms with Crippen molar-refractivity contribution in [2.75, 3.05) is 0 Å². The number of rotatable bonds is 3. The lowest BCUT2D eigenvalue weighted by molar-refractivity contribution is -0.714. The van der Waals surface area contributed by atoms with E-state index >= 15 is 0 Å². The first-order valence-corrected chi connectivity index (χ1v) is 9.10. The van der Waals surface area contributed by atoms with Crippen molar-refractivity contribution < 1.29 is 9.36 Å². The molecule has 1 fully saturated rings. The number of nitrogens with one attached hydrogen (secondary N) is 1. The number of nitrogens with zero attached hydrogens (tertiary/aromatic N) is 5. The molecule has 0 bridgehead atoms.